The molecule has 0 radical (unpaired) electrons. The fraction of sp³-hybridized carbons (Fsp3) is 0.571. The highest BCUT2D eigenvalue weighted by Crippen LogP contribution is 2.36. The number of hydrogen-bond donors (Lipinski definition) is 0. The highest BCUT2D eigenvalue weighted by molar-refractivity contribution is 6.62. The van der Waals surface area contributed by atoms with Crippen LogP contribution in [0.15, 0.2) is 12.4 Å². The predicted molar refractivity (Wildman–Crippen MR) is 74.0 cm³/mol. The lowest BCUT2D eigenvalue weighted by molar-refractivity contribution is 0.00578. The Labute approximate surface area is 114 Å². The zero-order chi connectivity index (χ0) is 14.3. The van der Waals surface area contributed by atoms with Crippen molar-refractivity contribution in [2.45, 2.75) is 52.2 Å². The Morgan fingerprint density at radius 2 is 1.79 bits per heavy atom. The lowest BCUT2D eigenvalue weighted by atomic mass is 9.76. The van der Waals surface area contributed by atoms with E-state index in [9.17, 15) is 5.26 Å². The highest BCUT2D eigenvalue weighted by atomic mass is 16.7. The first kappa shape index (κ1) is 14.0. The molecular weight excluding hydrogens is 239 g/mol. The second-order valence-corrected chi connectivity index (χ2v) is 5.82. The monoisotopic (exact) mass is 258 g/mol. The number of rotatable bonds is 2. The summed E-state index contributed by atoms with van der Waals surface area (Å²) in [6, 6.07) is 2.25. The average molecular weight is 258 g/mol. The summed E-state index contributed by atoms with van der Waals surface area (Å²) in [5.41, 5.74) is 1.45. The van der Waals surface area contributed by atoms with E-state index in [2.05, 4.69) is 11.1 Å². The molecule has 1 aromatic heterocycles. The van der Waals surface area contributed by atoms with E-state index in [0.29, 0.717) is 5.56 Å². The fourth-order valence-electron chi connectivity index (χ4n) is 2.08. The van der Waals surface area contributed by atoms with Gasteiger partial charge in [0.15, 0.2) is 0 Å². The topological polar surface area (TPSA) is 55.1 Å². The third-order valence-corrected chi connectivity index (χ3v) is 4.05. The molecule has 0 bridgehead atoms. The van der Waals surface area contributed by atoms with Gasteiger partial charge in [-0.25, -0.2) is 0 Å². The molecule has 100 valence electrons. The molecule has 2 rings (SSSR count). The van der Waals surface area contributed by atoms with Gasteiger partial charge in [-0.05, 0) is 39.7 Å². The molecule has 0 N–H and O–H groups in total. The summed E-state index contributed by atoms with van der Waals surface area (Å²) in [5.74, 6) is 0. The average Bonchev–Trinajstić information content (AvgIpc) is 2.57. The van der Waals surface area contributed by atoms with Gasteiger partial charge in [-0.2, -0.15) is 5.26 Å². The third kappa shape index (κ3) is 2.26. The van der Waals surface area contributed by atoms with Crippen LogP contribution in [0.1, 0.15) is 45.7 Å². The Morgan fingerprint density at radius 3 is 2.26 bits per heavy atom. The summed E-state index contributed by atoms with van der Waals surface area (Å²) in [6.45, 7) is 9.99. The van der Waals surface area contributed by atoms with E-state index in [0.717, 1.165) is 17.4 Å². The Morgan fingerprint density at radius 1 is 1.21 bits per heavy atom. The number of aryl methyl sites for hydroxylation is 1. The van der Waals surface area contributed by atoms with Crippen LogP contribution in [0.2, 0.25) is 0 Å². The lowest BCUT2D eigenvalue weighted by Crippen LogP contribution is -2.41. The molecule has 0 saturated carbocycles. The van der Waals surface area contributed by atoms with Crippen LogP contribution in [0.5, 0.6) is 0 Å². The van der Waals surface area contributed by atoms with E-state index in [1.807, 2.05) is 34.6 Å². The molecule has 0 unspecified atom stereocenters. The molecule has 1 fully saturated rings. The van der Waals surface area contributed by atoms with Crippen LogP contribution in [-0.4, -0.2) is 23.3 Å². The van der Waals surface area contributed by atoms with Crippen LogP contribution in [0.3, 0.4) is 0 Å². The van der Waals surface area contributed by atoms with Crippen LogP contribution in [0.25, 0.3) is 0 Å². The lowest BCUT2D eigenvalue weighted by Gasteiger charge is -2.32. The zero-order valence-corrected chi connectivity index (χ0v) is 12.2. The van der Waals surface area contributed by atoms with E-state index >= 15 is 0 Å². The van der Waals surface area contributed by atoms with Gasteiger partial charge in [-0.3, -0.25) is 4.98 Å². The smallest absolute Gasteiger partial charge is 0.399 e. The highest BCUT2D eigenvalue weighted by Gasteiger charge is 2.52. The first-order chi connectivity index (χ1) is 8.82. The number of aromatic nitrogens is 1. The molecule has 4 nitrogen and oxygen atoms in total. The molecule has 0 aliphatic carbocycles. The van der Waals surface area contributed by atoms with E-state index in [4.69, 9.17) is 9.31 Å². The second kappa shape index (κ2) is 4.62. The maximum atomic E-state index is 9.36. The molecule has 1 aliphatic heterocycles. The van der Waals surface area contributed by atoms with Gasteiger partial charge in [-0.15, -0.1) is 0 Å². The van der Waals surface area contributed by atoms with Gasteiger partial charge in [0.05, 0.1) is 22.8 Å². The van der Waals surface area contributed by atoms with Crippen molar-refractivity contribution in [2.24, 2.45) is 0 Å². The normalized spacial score (nSPS) is 20.3. The largest absolute Gasteiger partial charge is 0.497 e. The van der Waals surface area contributed by atoms with Gasteiger partial charge in [0.2, 0.25) is 0 Å². The molecule has 19 heavy (non-hydrogen) atoms. The Kier molecular flexibility index (Phi) is 3.42. The maximum Gasteiger partial charge on any atom is 0.497 e. The van der Waals surface area contributed by atoms with Gasteiger partial charge < -0.3 is 9.31 Å². The molecule has 2 heterocycles. The number of nitriles is 1. The number of hydrogen-bond acceptors (Lipinski definition) is 4. The number of nitrogens with zero attached hydrogens (tertiary/aromatic N) is 2. The van der Waals surface area contributed by atoms with Gasteiger partial charge in [0.25, 0.3) is 0 Å². The minimum absolute atomic E-state index is 0.410. The van der Waals surface area contributed by atoms with Gasteiger partial charge in [0.1, 0.15) is 0 Å². The fourth-order valence-corrected chi connectivity index (χ4v) is 2.08. The van der Waals surface area contributed by atoms with E-state index < -0.39 is 18.3 Å². The standard InChI is InChI=1S/C14H19BN2O2/c1-6-10-8-17-9-12(11(10)7-16)15-18-13(2,3)14(4,5)19-15/h8-9H,6H2,1-5H3. The molecular formula is C14H19BN2O2. The Hall–Kier alpha value is -1.38. The quantitative estimate of drug-likeness (QED) is 0.759. The maximum absolute atomic E-state index is 9.36. The van der Waals surface area contributed by atoms with Crippen LogP contribution in [0, 0.1) is 11.3 Å². The van der Waals surface area contributed by atoms with Crippen molar-refractivity contribution in [3.63, 3.8) is 0 Å². The minimum Gasteiger partial charge on any atom is -0.399 e. The first-order valence-corrected chi connectivity index (χ1v) is 6.55. The van der Waals surface area contributed by atoms with Crippen molar-refractivity contribution in [3.8, 4) is 6.07 Å². The molecule has 0 atom stereocenters. The zero-order valence-electron chi connectivity index (χ0n) is 12.2. The predicted octanol–water partition coefficient (Wildman–Crippen LogP) is 1.81. The van der Waals surface area contributed by atoms with Crippen molar-refractivity contribution in [1.29, 1.82) is 5.26 Å². The second-order valence-electron chi connectivity index (χ2n) is 5.82. The van der Waals surface area contributed by atoms with Crippen LogP contribution < -0.4 is 5.46 Å². The minimum atomic E-state index is -0.529. The van der Waals surface area contributed by atoms with Gasteiger partial charge in [-0.1, -0.05) is 6.92 Å². The summed E-state index contributed by atoms with van der Waals surface area (Å²) in [4.78, 5) is 4.19. The van der Waals surface area contributed by atoms with Crippen molar-refractivity contribution < 1.29 is 9.31 Å². The SMILES string of the molecule is CCc1cncc(B2OC(C)(C)C(C)(C)O2)c1C#N. The van der Waals surface area contributed by atoms with Gasteiger partial charge in [0, 0.05) is 17.9 Å². The molecule has 0 spiro atoms. The van der Waals surface area contributed by atoms with Gasteiger partial charge >= 0.3 is 7.12 Å². The van der Waals surface area contributed by atoms with Crippen molar-refractivity contribution in [1.82, 2.24) is 4.98 Å². The molecule has 1 aromatic rings. The Bertz CT molecular complexity index is 519. The van der Waals surface area contributed by atoms with Crippen molar-refractivity contribution in [2.75, 3.05) is 0 Å². The molecule has 1 saturated heterocycles. The van der Waals surface area contributed by atoms with Crippen LogP contribution in [0.4, 0.5) is 0 Å². The van der Waals surface area contributed by atoms with E-state index in [-0.39, 0.29) is 0 Å². The van der Waals surface area contributed by atoms with Crippen LogP contribution >= 0.6 is 0 Å². The van der Waals surface area contributed by atoms with Crippen molar-refractivity contribution in [3.05, 3.63) is 23.5 Å². The molecule has 0 aromatic carbocycles. The molecule has 0 amide bonds. The third-order valence-electron chi connectivity index (χ3n) is 4.05. The van der Waals surface area contributed by atoms with E-state index in [1.165, 1.54) is 0 Å². The Balaban J connectivity index is 2.43. The van der Waals surface area contributed by atoms with Crippen molar-refractivity contribution >= 4 is 12.6 Å². The van der Waals surface area contributed by atoms with Crippen LogP contribution in [-0.2, 0) is 15.7 Å². The summed E-state index contributed by atoms with van der Waals surface area (Å²) in [5, 5.41) is 9.36. The molecule has 1 aliphatic rings. The first-order valence-electron chi connectivity index (χ1n) is 6.55. The number of pyridine rings is 1. The van der Waals surface area contributed by atoms with E-state index in [1.54, 1.807) is 12.4 Å². The summed E-state index contributed by atoms with van der Waals surface area (Å²) in [7, 11) is -0.529. The summed E-state index contributed by atoms with van der Waals surface area (Å²) in [6.07, 6.45) is 4.16. The summed E-state index contributed by atoms with van der Waals surface area (Å²) >= 11 is 0. The summed E-state index contributed by atoms with van der Waals surface area (Å²) < 4.78 is 12.0. The molecule has 5 heteroatoms.